The van der Waals surface area contributed by atoms with Crippen molar-refractivity contribution in [2.45, 2.75) is 43.2 Å². The Morgan fingerprint density at radius 2 is 1.68 bits per heavy atom. The van der Waals surface area contributed by atoms with Crippen LogP contribution in [0.1, 0.15) is 12.0 Å². The third kappa shape index (κ3) is 5.52. The Labute approximate surface area is 213 Å². The molecule has 1 saturated heterocycles. The SMILES string of the molecule is O=C(O)CC(=O)OCC1OC(OC2=C(c3ccc(O)c(O)c3)OC3C=C(O)C=C(O)C3=C2)C(O)C(O)C1O. The number of carboxylic acid groups (broad SMARTS) is 1. The van der Waals surface area contributed by atoms with Crippen molar-refractivity contribution < 1.29 is 69.4 Å². The number of phenols is 2. The molecule has 0 aromatic heterocycles. The molecule has 0 bridgehead atoms. The highest BCUT2D eigenvalue weighted by atomic mass is 16.7. The Bertz CT molecular complexity index is 1240. The lowest BCUT2D eigenvalue weighted by molar-refractivity contribution is -0.291. The molecule has 0 amide bonds. The molecule has 0 saturated carbocycles. The molecular formula is C24H24O14. The summed E-state index contributed by atoms with van der Waals surface area (Å²) >= 11 is 0. The van der Waals surface area contributed by atoms with Crippen LogP contribution in [-0.2, 0) is 28.5 Å². The van der Waals surface area contributed by atoms with Gasteiger partial charge in [-0.05, 0) is 24.3 Å². The normalized spacial score (nSPS) is 28.8. The molecule has 14 nitrogen and oxygen atoms in total. The number of ether oxygens (including phenoxy) is 4. The third-order valence-corrected chi connectivity index (χ3v) is 5.82. The van der Waals surface area contributed by atoms with Gasteiger partial charge in [0, 0.05) is 23.3 Å². The van der Waals surface area contributed by atoms with E-state index >= 15 is 0 Å². The number of aliphatic hydroxyl groups is 5. The number of aliphatic hydroxyl groups excluding tert-OH is 5. The number of esters is 1. The number of allylic oxidation sites excluding steroid dienone is 2. The molecular weight excluding hydrogens is 512 g/mol. The summed E-state index contributed by atoms with van der Waals surface area (Å²) in [5.74, 6) is -4.44. The molecule has 4 rings (SSSR count). The van der Waals surface area contributed by atoms with Crippen molar-refractivity contribution in [3.63, 3.8) is 0 Å². The van der Waals surface area contributed by atoms with Gasteiger partial charge in [0.25, 0.3) is 0 Å². The highest BCUT2D eigenvalue weighted by Gasteiger charge is 2.46. The number of phenolic OH excluding ortho intramolecular Hbond substituents is 2. The molecule has 0 radical (unpaired) electrons. The smallest absolute Gasteiger partial charge is 0.317 e. The van der Waals surface area contributed by atoms with Gasteiger partial charge in [0.05, 0.1) is 0 Å². The number of hydrogen-bond donors (Lipinski definition) is 8. The Morgan fingerprint density at radius 1 is 0.947 bits per heavy atom. The Kier molecular flexibility index (Phi) is 7.50. The number of carbonyl (C=O) groups is 2. The summed E-state index contributed by atoms with van der Waals surface area (Å²) in [5.41, 5.74) is 0.298. The molecule has 2 heterocycles. The van der Waals surface area contributed by atoms with Crippen LogP contribution in [0.2, 0.25) is 0 Å². The molecule has 1 fully saturated rings. The first-order valence-electron chi connectivity index (χ1n) is 11.1. The van der Waals surface area contributed by atoms with E-state index in [0.29, 0.717) is 0 Å². The number of aliphatic carboxylic acids is 1. The molecule has 2 aliphatic heterocycles. The Morgan fingerprint density at radius 3 is 2.37 bits per heavy atom. The third-order valence-electron chi connectivity index (χ3n) is 5.82. The minimum atomic E-state index is -1.84. The van der Waals surface area contributed by atoms with E-state index < -0.39 is 73.3 Å². The molecule has 14 heteroatoms. The standard InChI is InChI=1S/C24H24O14/c25-10-4-13(27)11-6-16(23(36-15(11)5-10)9-1-2-12(26)14(28)3-9)37-24-22(34)21(33)20(32)17(38-24)8-35-19(31)7-18(29)30/h1-6,15,17,20-22,24-28,32-34H,7-8H2,(H,29,30). The first kappa shape index (κ1) is 26.8. The number of fused-ring (bicyclic) bond motifs is 1. The number of carbonyl (C=O) groups excluding carboxylic acids is 1. The van der Waals surface area contributed by atoms with Crippen LogP contribution in [0.3, 0.4) is 0 Å². The number of aromatic hydroxyl groups is 2. The summed E-state index contributed by atoms with van der Waals surface area (Å²) in [6.45, 7) is -0.679. The maximum Gasteiger partial charge on any atom is 0.317 e. The summed E-state index contributed by atoms with van der Waals surface area (Å²) in [7, 11) is 0. The molecule has 1 aliphatic carbocycles. The summed E-state index contributed by atoms with van der Waals surface area (Å²) in [6.07, 6.45) is -6.90. The van der Waals surface area contributed by atoms with Crippen LogP contribution < -0.4 is 0 Å². The molecule has 204 valence electrons. The first-order valence-corrected chi connectivity index (χ1v) is 11.1. The van der Waals surface area contributed by atoms with Gasteiger partial charge in [-0.1, -0.05) is 0 Å². The molecule has 6 atom stereocenters. The summed E-state index contributed by atoms with van der Waals surface area (Å²) in [6, 6.07) is 3.66. The van der Waals surface area contributed by atoms with Gasteiger partial charge in [-0.25, -0.2) is 0 Å². The fraction of sp³-hybridized carbons (Fsp3) is 0.333. The van der Waals surface area contributed by atoms with E-state index in [1.54, 1.807) is 0 Å². The second kappa shape index (κ2) is 10.6. The number of benzene rings is 1. The van der Waals surface area contributed by atoms with Crippen LogP contribution in [0.25, 0.3) is 5.76 Å². The summed E-state index contributed by atoms with van der Waals surface area (Å²) < 4.78 is 21.9. The van der Waals surface area contributed by atoms with Crippen LogP contribution in [0.4, 0.5) is 0 Å². The predicted octanol–water partition coefficient (Wildman–Crippen LogP) is -0.169. The van der Waals surface area contributed by atoms with Crippen molar-refractivity contribution in [3.8, 4) is 11.5 Å². The van der Waals surface area contributed by atoms with E-state index in [4.69, 9.17) is 24.1 Å². The predicted molar refractivity (Wildman–Crippen MR) is 122 cm³/mol. The van der Waals surface area contributed by atoms with Crippen LogP contribution >= 0.6 is 0 Å². The zero-order valence-electron chi connectivity index (χ0n) is 19.4. The van der Waals surface area contributed by atoms with Crippen LogP contribution in [0.5, 0.6) is 11.5 Å². The fourth-order valence-electron chi connectivity index (χ4n) is 3.90. The lowest BCUT2D eigenvalue weighted by Gasteiger charge is -2.40. The van der Waals surface area contributed by atoms with Crippen molar-refractivity contribution in [2.75, 3.05) is 6.61 Å². The quantitative estimate of drug-likeness (QED) is 0.128. The monoisotopic (exact) mass is 536 g/mol. The van der Waals surface area contributed by atoms with E-state index in [2.05, 4.69) is 0 Å². The van der Waals surface area contributed by atoms with Crippen molar-refractivity contribution in [3.05, 3.63) is 64.8 Å². The van der Waals surface area contributed by atoms with Gasteiger partial charge in [0.2, 0.25) is 6.29 Å². The lowest BCUT2D eigenvalue weighted by atomic mass is 9.96. The minimum absolute atomic E-state index is 0.0892. The number of hydrogen-bond acceptors (Lipinski definition) is 13. The number of carboxylic acids is 1. The van der Waals surface area contributed by atoms with Gasteiger partial charge in [-0.3, -0.25) is 9.59 Å². The largest absolute Gasteiger partial charge is 0.508 e. The molecule has 8 N–H and O–H groups in total. The van der Waals surface area contributed by atoms with E-state index in [0.717, 1.165) is 18.2 Å². The lowest BCUT2D eigenvalue weighted by Crippen LogP contribution is -2.59. The van der Waals surface area contributed by atoms with Crippen LogP contribution in [-0.4, -0.2) is 96.2 Å². The van der Waals surface area contributed by atoms with E-state index in [1.807, 2.05) is 0 Å². The molecule has 0 spiro atoms. The molecule has 1 aromatic carbocycles. The topological polar surface area (TPSA) is 233 Å². The summed E-state index contributed by atoms with van der Waals surface area (Å²) in [5, 5.41) is 79.6. The first-order chi connectivity index (χ1) is 17.9. The maximum absolute atomic E-state index is 11.6. The van der Waals surface area contributed by atoms with E-state index in [-0.39, 0.29) is 34.2 Å². The van der Waals surface area contributed by atoms with Gasteiger partial charge < -0.3 is 59.8 Å². The van der Waals surface area contributed by atoms with Crippen molar-refractivity contribution in [1.29, 1.82) is 0 Å². The Hall–Kier alpha value is -4.24. The van der Waals surface area contributed by atoms with Gasteiger partial charge in [-0.15, -0.1) is 0 Å². The minimum Gasteiger partial charge on any atom is -0.508 e. The average Bonchev–Trinajstić information content (AvgIpc) is 2.84. The fourth-order valence-corrected chi connectivity index (χ4v) is 3.90. The van der Waals surface area contributed by atoms with Gasteiger partial charge in [0.15, 0.2) is 23.0 Å². The van der Waals surface area contributed by atoms with Crippen LogP contribution in [0.15, 0.2) is 59.3 Å². The number of rotatable bonds is 7. The van der Waals surface area contributed by atoms with Crippen LogP contribution in [0, 0.1) is 0 Å². The van der Waals surface area contributed by atoms with Gasteiger partial charge in [-0.2, -0.15) is 0 Å². The Balaban J connectivity index is 1.65. The highest BCUT2D eigenvalue weighted by molar-refractivity contribution is 5.90. The zero-order chi connectivity index (χ0) is 27.7. The van der Waals surface area contributed by atoms with E-state index in [1.165, 1.54) is 18.2 Å². The zero-order valence-corrected chi connectivity index (χ0v) is 19.4. The van der Waals surface area contributed by atoms with Crippen molar-refractivity contribution in [2.24, 2.45) is 0 Å². The molecule has 38 heavy (non-hydrogen) atoms. The van der Waals surface area contributed by atoms with Gasteiger partial charge in [0.1, 0.15) is 55.1 Å². The average molecular weight is 536 g/mol. The molecule has 1 aromatic rings. The summed E-state index contributed by atoms with van der Waals surface area (Å²) in [4.78, 5) is 22.2. The molecule has 3 aliphatic rings. The van der Waals surface area contributed by atoms with Crippen molar-refractivity contribution in [1.82, 2.24) is 0 Å². The maximum atomic E-state index is 11.6. The van der Waals surface area contributed by atoms with Gasteiger partial charge >= 0.3 is 11.9 Å². The van der Waals surface area contributed by atoms with Crippen molar-refractivity contribution >= 4 is 17.7 Å². The molecule has 6 unspecified atom stereocenters. The second-order valence-electron chi connectivity index (χ2n) is 8.54. The highest BCUT2D eigenvalue weighted by Crippen LogP contribution is 2.39. The van der Waals surface area contributed by atoms with E-state index in [9.17, 15) is 45.3 Å². The second-order valence-corrected chi connectivity index (χ2v) is 8.54.